The lowest BCUT2D eigenvalue weighted by atomic mass is 9.47. The number of ether oxygens (including phenoxy) is 1. The molecule has 3 saturated carbocycles. The SMILES string of the molecule is CCCCCC(=O)OC1=C2CC[C@@H]3[C@H](CC[C@]4(C)C(=O)CC[C@@H]34)[C@@]2(C)CCC1. The summed E-state index contributed by atoms with van der Waals surface area (Å²) in [6, 6.07) is 0. The number of esters is 1. The highest BCUT2D eigenvalue weighted by molar-refractivity contribution is 5.87. The van der Waals surface area contributed by atoms with Gasteiger partial charge in [0, 0.05) is 24.7 Å². The maximum absolute atomic E-state index is 12.6. The van der Waals surface area contributed by atoms with Crippen LogP contribution in [0, 0.1) is 28.6 Å². The zero-order valence-corrected chi connectivity index (χ0v) is 18.1. The number of hydrogen-bond acceptors (Lipinski definition) is 3. The summed E-state index contributed by atoms with van der Waals surface area (Å²) in [5, 5.41) is 0. The van der Waals surface area contributed by atoms with E-state index in [1.54, 1.807) is 0 Å². The Morgan fingerprint density at radius 1 is 1.00 bits per heavy atom. The molecule has 4 aliphatic rings. The summed E-state index contributed by atoms with van der Waals surface area (Å²) < 4.78 is 5.96. The van der Waals surface area contributed by atoms with Crippen LogP contribution in [0.1, 0.15) is 104 Å². The molecule has 0 aromatic heterocycles. The van der Waals surface area contributed by atoms with Crippen molar-refractivity contribution >= 4 is 11.8 Å². The lowest BCUT2D eigenvalue weighted by molar-refractivity contribution is -0.141. The molecule has 0 aromatic rings. The summed E-state index contributed by atoms with van der Waals surface area (Å²) in [7, 11) is 0. The molecule has 4 aliphatic carbocycles. The van der Waals surface area contributed by atoms with Crippen LogP contribution in [0.2, 0.25) is 0 Å². The zero-order chi connectivity index (χ0) is 19.9. The number of carbonyl (C=O) groups is 2. The molecule has 0 saturated heterocycles. The first-order chi connectivity index (χ1) is 13.4. The molecule has 0 aromatic carbocycles. The van der Waals surface area contributed by atoms with Crippen LogP contribution < -0.4 is 0 Å². The van der Waals surface area contributed by atoms with Gasteiger partial charge in [0.1, 0.15) is 11.5 Å². The third-order valence-electron chi connectivity index (χ3n) is 9.04. The molecule has 0 bridgehead atoms. The number of rotatable bonds is 5. The van der Waals surface area contributed by atoms with Crippen molar-refractivity contribution in [2.75, 3.05) is 0 Å². The minimum absolute atomic E-state index is 0.0278. The average Bonchev–Trinajstić information content (AvgIpc) is 2.97. The van der Waals surface area contributed by atoms with E-state index in [-0.39, 0.29) is 16.8 Å². The average molecular weight is 387 g/mol. The summed E-state index contributed by atoms with van der Waals surface area (Å²) in [6.07, 6.45) is 13.4. The number of unbranched alkanes of at least 4 members (excludes halogenated alkanes) is 2. The van der Waals surface area contributed by atoms with Gasteiger partial charge in [-0.05, 0) is 80.1 Å². The molecule has 0 radical (unpaired) electrons. The van der Waals surface area contributed by atoms with Crippen LogP contribution in [-0.2, 0) is 14.3 Å². The van der Waals surface area contributed by atoms with Crippen molar-refractivity contribution in [2.24, 2.45) is 28.6 Å². The van der Waals surface area contributed by atoms with Gasteiger partial charge in [0.25, 0.3) is 0 Å². The van der Waals surface area contributed by atoms with Crippen molar-refractivity contribution < 1.29 is 14.3 Å². The second kappa shape index (κ2) is 7.61. The molecule has 0 amide bonds. The molecule has 3 nitrogen and oxygen atoms in total. The molecule has 0 heterocycles. The Morgan fingerprint density at radius 2 is 1.79 bits per heavy atom. The third-order valence-corrected chi connectivity index (χ3v) is 9.04. The first-order valence-corrected chi connectivity index (χ1v) is 11.9. The van der Waals surface area contributed by atoms with E-state index < -0.39 is 0 Å². The zero-order valence-electron chi connectivity index (χ0n) is 18.1. The van der Waals surface area contributed by atoms with Crippen molar-refractivity contribution in [1.29, 1.82) is 0 Å². The van der Waals surface area contributed by atoms with Gasteiger partial charge in [-0.15, -0.1) is 0 Å². The molecule has 156 valence electrons. The molecule has 28 heavy (non-hydrogen) atoms. The number of fused-ring (bicyclic) bond motifs is 5. The Morgan fingerprint density at radius 3 is 2.57 bits per heavy atom. The highest BCUT2D eigenvalue weighted by Gasteiger charge is 2.59. The van der Waals surface area contributed by atoms with Gasteiger partial charge >= 0.3 is 5.97 Å². The largest absolute Gasteiger partial charge is 0.431 e. The predicted molar refractivity (Wildman–Crippen MR) is 111 cm³/mol. The van der Waals surface area contributed by atoms with Gasteiger partial charge in [0.2, 0.25) is 0 Å². The third kappa shape index (κ3) is 3.17. The highest BCUT2D eigenvalue weighted by atomic mass is 16.5. The standard InChI is InChI=1S/C25H38O3/c1-4-5-6-9-23(27)28-21-8-7-15-24(2)19-14-16-25(3)18(12-13-22(25)26)17(19)10-11-20(21)24/h17-19H,4-16H2,1-3H3/t17-,18-,19-,24+,25-/m0/s1. The first-order valence-electron chi connectivity index (χ1n) is 11.9. The molecule has 4 rings (SSSR count). The summed E-state index contributed by atoms with van der Waals surface area (Å²) in [5.74, 6) is 3.43. The molecule has 0 spiro atoms. The highest BCUT2D eigenvalue weighted by Crippen LogP contribution is 2.65. The summed E-state index contributed by atoms with van der Waals surface area (Å²) in [4.78, 5) is 25.0. The van der Waals surface area contributed by atoms with E-state index in [0.29, 0.717) is 30.0 Å². The van der Waals surface area contributed by atoms with Crippen LogP contribution in [0.15, 0.2) is 11.3 Å². The quantitative estimate of drug-likeness (QED) is 0.408. The molecule has 3 heteroatoms. The van der Waals surface area contributed by atoms with Gasteiger partial charge in [0.15, 0.2) is 0 Å². The van der Waals surface area contributed by atoms with E-state index in [1.165, 1.54) is 24.8 Å². The van der Waals surface area contributed by atoms with Crippen LogP contribution in [0.3, 0.4) is 0 Å². The lowest BCUT2D eigenvalue weighted by Crippen LogP contribution is -2.50. The Balaban J connectivity index is 1.54. The lowest BCUT2D eigenvalue weighted by Gasteiger charge is -2.57. The molecule has 0 unspecified atom stereocenters. The molecular formula is C25H38O3. The van der Waals surface area contributed by atoms with E-state index >= 15 is 0 Å². The maximum Gasteiger partial charge on any atom is 0.310 e. The number of Topliss-reactive ketones (excluding diaryl/α,β-unsaturated/α-hetero) is 1. The Bertz CT molecular complexity index is 677. The van der Waals surface area contributed by atoms with Gasteiger partial charge < -0.3 is 4.74 Å². The molecule has 5 atom stereocenters. The first kappa shape index (κ1) is 20.2. The van der Waals surface area contributed by atoms with E-state index in [1.807, 2.05) is 0 Å². The van der Waals surface area contributed by atoms with Gasteiger partial charge in [-0.2, -0.15) is 0 Å². The van der Waals surface area contributed by atoms with Crippen molar-refractivity contribution in [1.82, 2.24) is 0 Å². The van der Waals surface area contributed by atoms with Gasteiger partial charge in [0.05, 0.1) is 0 Å². The van der Waals surface area contributed by atoms with Gasteiger partial charge in [-0.25, -0.2) is 0 Å². The van der Waals surface area contributed by atoms with Crippen LogP contribution >= 0.6 is 0 Å². The number of allylic oxidation sites excluding steroid dienone is 2. The smallest absolute Gasteiger partial charge is 0.310 e. The Kier molecular flexibility index (Phi) is 5.48. The number of ketones is 1. The summed E-state index contributed by atoms with van der Waals surface area (Å²) >= 11 is 0. The van der Waals surface area contributed by atoms with Crippen LogP contribution in [0.5, 0.6) is 0 Å². The van der Waals surface area contributed by atoms with Crippen LogP contribution in [0.25, 0.3) is 0 Å². The van der Waals surface area contributed by atoms with Crippen molar-refractivity contribution in [2.45, 2.75) is 104 Å². The van der Waals surface area contributed by atoms with Crippen LogP contribution in [-0.4, -0.2) is 11.8 Å². The monoisotopic (exact) mass is 386 g/mol. The fraction of sp³-hybridized carbons (Fsp3) is 0.840. The Labute approximate surface area is 170 Å². The predicted octanol–water partition coefficient (Wildman–Crippen LogP) is 6.36. The van der Waals surface area contributed by atoms with Crippen molar-refractivity contribution in [3.8, 4) is 0 Å². The Hall–Kier alpha value is -1.12. The summed E-state index contributed by atoms with van der Waals surface area (Å²) in [6.45, 7) is 6.86. The molecule has 3 fully saturated rings. The molecule has 0 aliphatic heterocycles. The van der Waals surface area contributed by atoms with E-state index in [2.05, 4.69) is 20.8 Å². The second-order valence-electron chi connectivity index (χ2n) is 10.4. The fourth-order valence-corrected chi connectivity index (χ4v) is 7.45. The van der Waals surface area contributed by atoms with Gasteiger partial charge in [-0.1, -0.05) is 33.6 Å². The minimum Gasteiger partial charge on any atom is -0.431 e. The van der Waals surface area contributed by atoms with Crippen molar-refractivity contribution in [3.63, 3.8) is 0 Å². The van der Waals surface area contributed by atoms with Gasteiger partial charge in [-0.3, -0.25) is 9.59 Å². The topological polar surface area (TPSA) is 43.4 Å². The van der Waals surface area contributed by atoms with E-state index in [4.69, 9.17) is 4.74 Å². The maximum atomic E-state index is 12.6. The van der Waals surface area contributed by atoms with Crippen molar-refractivity contribution in [3.05, 3.63) is 11.3 Å². The molecule has 0 N–H and O–H groups in total. The fourth-order valence-electron chi connectivity index (χ4n) is 7.45. The normalized spacial score (nSPS) is 40.0. The van der Waals surface area contributed by atoms with E-state index in [9.17, 15) is 9.59 Å². The molecular weight excluding hydrogens is 348 g/mol. The van der Waals surface area contributed by atoms with Crippen LogP contribution in [0.4, 0.5) is 0 Å². The summed E-state index contributed by atoms with van der Waals surface area (Å²) in [5.41, 5.74) is 1.58. The minimum atomic E-state index is -0.0536. The second-order valence-corrected chi connectivity index (χ2v) is 10.4. The van der Waals surface area contributed by atoms with E-state index in [0.717, 1.165) is 63.5 Å². The number of hydrogen-bond donors (Lipinski definition) is 0. The number of carbonyl (C=O) groups excluding carboxylic acids is 2.